The summed E-state index contributed by atoms with van der Waals surface area (Å²) in [5, 5.41) is 9.58. The summed E-state index contributed by atoms with van der Waals surface area (Å²) in [5.41, 5.74) is 3.44. The second-order valence-electron chi connectivity index (χ2n) is 6.17. The number of aryl methyl sites for hydroxylation is 1. The third kappa shape index (κ3) is 3.23. The van der Waals surface area contributed by atoms with Gasteiger partial charge in [-0.15, -0.1) is 0 Å². The lowest BCUT2D eigenvalue weighted by molar-refractivity contribution is 0.264. The van der Waals surface area contributed by atoms with E-state index in [1.807, 2.05) is 19.2 Å². The first-order valence-electron chi connectivity index (χ1n) is 8.19. The molecule has 25 heavy (non-hydrogen) atoms. The fraction of sp³-hybridized carbons (Fsp3) is 0.353. The van der Waals surface area contributed by atoms with Crippen LogP contribution < -0.4 is 5.32 Å². The highest BCUT2D eigenvalue weighted by Gasteiger charge is 2.18. The number of hydrogen-bond acceptors (Lipinski definition) is 5. The molecule has 0 saturated carbocycles. The van der Waals surface area contributed by atoms with Gasteiger partial charge in [0.25, 0.3) is 0 Å². The van der Waals surface area contributed by atoms with Gasteiger partial charge in [-0.1, -0.05) is 23.7 Å². The third-order valence-corrected chi connectivity index (χ3v) is 5.50. The first kappa shape index (κ1) is 16.8. The average Bonchev–Trinajstić information content (AvgIpc) is 2.90. The van der Waals surface area contributed by atoms with Crippen LogP contribution in [0.2, 0.25) is 5.02 Å². The maximum absolute atomic E-state index is 6.29. The van der Waals surface area contributed by atoms with Crippen LogP contribution in [0.5, 0.6) is 0 Å². The molecule has 2 aromatic heterocycles. The summed E-state index contributed by atoms with van der Waals surface area (Å²) in [6, 6.07) is 6.17. The molecule has 0 saturated heterocycles. The van der Waals surface area contributed by atoms with Crippen LogP contribution in [0.15, 0.2) is 29.1 Å². The quantitative estimate of drug-likeness (QED) is 0.701. The summed E-state index contributed by atoms with van der Waals surface area (Å²) in [7, 11) is 1.88. The highest BCUT2D eigenvalue weighted by atomic mass is 79.9. The molecule has 0 fully saturated rings. The summed E-state index contributed by atoms with van der Waals surface area (Å²) < 4.78 is 2.51. The first-order valence-corrected chi connectivity index (χ1v) is 9.36. The van der Waals surface area contributed by atoms with Gasteiger partial charge in [-0.2, -0.15) is 5.10 Å². The lowest BCUT2D eigenvalue weighted by Gasteiger charge is -2.29. The van der Waals surface area contributed by atoms with Gasteiger partial charge in [-0.05, 0) is 39.5 Å². The van der Waals surface area contributed by atoms with Crippen LogP contribution in [-0.2, 0) is 20.0 Å². The SMILES string of the molecule is Cn1nc(Br)c2c(NCCN3CCc4c(Cl)cccc4C3)ncnc21. The normalized spacial score (nSPS) is 14.7. The molecular weight excluding hydrogens is 404 g/mol. The Morgan fingerprint density at radius 1 is 1.32 bits per heavy atom. The van der Waals surface area contributed by atoms with Crippen molar-refractivity contribution in [2.24, 2.45) is 7.05 Å². The standard InChI is InChI=1S/C17H18BrClN6/c1-24-17-14(15(18)23-24)16(21-10-22-17)20-6-8-25-7-5-12-11(9-25)3-2-4-13(12)19/h2-4,10H,5-9H2,1H3,(H,20,21,22). The van der Waals surface area contributed by atoms with Gasteiger partial charge in [0.1, 0.15) is 16.7 Å². The van der Waals surface area contributed by atoms with E-state index in [2.05, 4.69) is 47.3 Å². The van der Waals surface area contributed by atoms with Crippen LogP contribution in [0, 0.1) is 0 Å². The Balaban J connectivity index is 1.42. The second kappa shape index (κ2) is 6.90. The van der Waals surface area contributed by atoms with E-state index in [0.717, 1.165) is 59.1 Å². The Hall–Kier alpha value is -1.70. The van der Waals surface area contributed by atoms with Gasteiger partial charge in [0.2, 0.25) is 0 Å². The Bertz CT molecular complexity index is 925. The number of halogens is 2. The zero-order valence-corrected chi connectivity index (χ0v) is 16.2. The fourth-order valence-electron chi connectivity index (χ4n) is 3.32. The van der Waals surface area contributed by atoms with E-state index in [0.29, 0.717) is 0 Å². The smallest absolute Gasteiger partial charge is 0.164 e. The highest BCUT2D eigenvalue weighted by Crippen LogP contribution is 2.27. The molecule has 8 heteroatoms. The van der Waals surface area contributed by atoms with Crippen molar-refractivity contribution < 1.29 is 0 Å². The van der Waals surface area contributed by atoms with Gasteiger partial charge < -0.3 is 5.32 Å². The van der Waals surface area contributed by atoms with E-state index in [1.54, 1.807) is 11.0 Å². The van der Waals surface area contributed by atoms with E-state index >= 15 is 0 Å². The molecule has 0 amide bonds. The number of benzene rings is 1. The molecule has 0 aliphatic carbocycles. The minimum absolute atomic E-state index is 0.759. The van der Waals surface area contributed by atoms with E-state index in [1.165, 1.54) is 11.1 Å². The van der Waals surface area contributed by atoms with Crippen molar-refractivity contribution in [1.82, 2.24) is 24.6 Å². The Labute approximate surface area is 159 Å². The fourth-order valence-corrected chi connectivity index (χ4v) is 4.21. The van der Waals surface area contributed by atoms with Gasteiger partial charge in [0.05, 0.1) is 5.39 Å². The molecule has 0 radical (unpaired) electrons. The Morgan fingerprint density at radius 3 is 3.08 bits per heavy atom. The lowest BCUT2D eigenvalue weighted by Crippen LogP contribution is -2.34. The molecule has 3 aromatic rings. The zero-order chi connectivity index (χ0) is 17.4. The van der Waals surface area contributed by atoms with Crippen molar-refractivity contribution in [3.05, 3.63) is 45.3 Å². The van der Waals surface area contributed by atoms with Crippen LogP contribution in [-0.4, -0.2) is 44.3 Å². The van der Waals surface area contributed by atoms with Gasteiger partial charge in [-0.25, -0.2) is 14.6 Å². The summed E-state index contributed by atoms with van der Waals surface area (Å²) in [6.45, 7) is 3.71. The van der Waals surface area contributed by atoms with Crippen LogP contribution in [0.25, 0.3) is 11.0 Å². The van der Waals surface area contributed by atoms with Crippen molar-refractivity contribution in [3.8, 4) is 0 Å². The largest absolute Gasteiger partial charge is 0.368 e. The molecule has 0 atom stereocenters. The Morgan fingerprint density at radius 2 is 2.20 bits per heavy atom. The second-order valence-corrected chi connectivity index (χ2v) is 7.32. The lowest BCUT2D eigenvalue weighted by atomic mass is 10.00. The molecule has 0 bridgehead atoms. The van der Waals surface area contributed by atoms with Crippen molar-refractivity contribution in [3.63, 3.8) is 0 Å². The van der Waals surface area contributed by atoms with Crippen LogP contribution in [0.4, 0.5) is 5.82 Å². The summed E-state index contributed by atoms with van der Waals surface area (Å²) in [6.07, 6.45) is 2.57. The van der Waals surface area contributed by atoms with Gasteiger partial charge in [-0.3, -0.25) is 4.90 Å². The number of rotatable bonds is 4. The average molecular weight is 422 g/mol. The summed E-state index contributed by atoms with van der Waals surface area (Å²) >= 11 is 9.78. The number of nitrogens with one attached hydrogen (secondary N) is 1. The van der Waals surface area contributed by atoms with Crippen molar-refractivity contribution in [1.29, 1.82) is 0 Å². The van der Waals surface area contributed by atoms with E-state index in [4.69, 9.17) is 11.6 Å². The van der Waals surface area contributed by atoms with Gasteiger partial charge in [0, 0.05) is 38.2 Å². The first-order chi connectivity index (χ1) is 12.1. The topological polar surface area (TPSA) is 58.9 Å². The zero-order valence-electron chi connectivity index (χ0n) is 13.8. The van der Waals surface area contributed by atoms with Crippen LogP contribution in [0.3, 0.4) is 0 Å². The molecule has 1 aliphatic rings. The molecule has 0 spiro atoms. The number of aromatic nitrogens is 4. The molecule has 1 aliphatic heterocycles. The predicted octanol–water partition coefficient (Wildman–Crippen LogP) is 3.25. The molecule has 4 rings (SSSR count). The monoisotopic (exact) mass is 420 g/mol. The van der Waals surface area contributed by atoms with Gasteiger partial charge >= 0.3 is 0 Å². The molecule has 130 valence electrons. The molecule has 3 heterocycles. The molecule has 6 nitrogen and oxygen atoms in total. The molecular formula is C17H18BrClN6. The van der Waals surface area contributed by atoms with Gasteiger partial charge in [0.15, 0.2) is 5.65 Å². The minimum atomic E-state index is 0.759. The van der Waals surface area contributed by atoms with E-state index in [9.17, 15) is 0 Å². The van der Waals surface area contributed by atoms with E-state index < -0.39 is 0 Å². The number of fused-ring (bicyclic) bond motifs is 2. The van der Waals surface area contributed by atoms with E-state index in [-0.39, 0.29) is 0 Å². The van der Waals surface area contributed by atoms with Crippen LogP contribution >= 0.6 is 27.5 Å². The third-order valence-electron chi connectivity index (χ3n) is 4.59. The molecule has 1 N–H and O–H groups in total. The highest BCUT2D eigenvalue weighted by molar-refractivity contribution is 9.10. The maximum atomic E-state index is 6.29. The maximum Gasteiger partial charge on any atom is 0.164 e. The van der Waals surface area contributed by atoms with Crippen LogP contribution in [0.1, 0.15) is 11.1 Å². The number of anilines is 1. The molecule has 0 unspecified atom stereocenters. The summed E-state index contributed by atoms with van der Waals surface area (Å²) in [4.78, 5) is 11.1. The molecule has 1 aromatic carbocycles. The number of hydrogen-bond donors (Lipinski definition) is 1. The minimum Gasteiger partial charge on any atom is -0.368 e. The van der Waals surface area contributed by atoms with Crippen molar-refractivity contribution in [2.45, 2.75) is 13.0 Å². The predicted molar refractivity (Wildman–Crippen MR) is 103 cm³/mol. The number of nitrogens with zero attached hydrogens (tertiary/aromatic N) is 5. The van der Waals surface area contributed by atoms with Crippen molar-refractivity contribution in [2.75, 3.05) is 25.0 Å². The van der Waals surface area contributed by atoms with Crippen molar-refractivity contribution >= 4 is 44.4 Å². The Kier molecular flexibility index (Phi) is 4.62. The summed E-state index contributed by atoms with van der Waals surface area (Å²) in [5.74, 6) is 0.811.